The number of benzene rings is 1. The molecule has 0 aromatic heterocycles. The van der Waals surface area contributed by atoms with Crippen LogP contribution in [0.4, 0.5) is 22.4 Å². The topological polar surface area (TPSA) is 49.8 Å². The lowest BCUT2D eigenvalue weighted by Crippen LogP contribution is -2.53. The van der Waals surface area contributed by atoms with Gasteiger partial charge in [0.05, 0.1) is 17.7 Å². The van der Waals surface area contributed by atoms with E-state index in [0.29, 0.717) is 6.07 Å². The van der Waals surface area contributed by atoms with Crippen LogP contribution in [0, 0.1) is 11.2 Å². The van der Waals surface area contributed by atoms with Crippen LogP contribution >= 0.6 is 0 Å². The number of carbonyl (C=O) groups excluding carboxylic acids is 1. The van der Waals surface area contributed by atoms with Crippen LogP contribution in [0.5, 0.6) is 0 Å². The number of aliphatic hydroxyl groups is 1. The van der Waals surface area contributed by atoms with Crippen LogP contribution in [-0.2, 0) is 10.9 Å². The molecule has 1 N–H and O–H groups in total. The molecule has 2 rings (SSSR count). The number of aliphatic hydroxyl groups excluding tert-OH is 1. The van der Waals surface area contributed by atoms with Crippen molar-refractivity contribution in [3.05, 3.63) is 35.1 Å². The van der Waals surface area contributed by atoms with Gasteiger partial charge >= 0.3 is 12.3 Å². The van der Waals surface area contributed by atoms with Gasteiger partial charge in [-0.3, -0.25) is 4.90 Å². The first-order valence-electron chi connectivity index (χ1n) is 8.65. The molecule has 0 spiro atoms. The Morgan fingerprint density at radius 2 is 1.85 bits per heavy atom. The maximum Gasteiger partial charge on any atom is 0.416 e. The van der Waals surface area contributed by atoms with Crippen molar-refractivity contribution in [3.63, 3.8) is 0 Å². The zero-order valence-electron chi connectivity index (χ0n) is 16.0. The molecule has 2 unspecified atom stereocenters. The zero-order valence-corrected chi connectivity index (χ0v) is 16.0. The van der Waals surface area contributed by atoms with Crippen LogP contribution in [0.1, 0.15) is 58.2 Å². The van der Waals surface area contributed by atoms with Gasteiger partial charge in [-0.15, -0.1) is 0 Å². The highest BCUT2D eigenvalue weighted by Gasteiger charge is 2.45. The second-order valence-electron chi connectivity index (χ2n) is 8.72. The summed E-state index contributed by atoms with van der Waals surface area (Å²) in [4.78, 5) is 13.9. The number of alkyl halides is 3. The van der Waals surface area contributed by atoms with E-state index < -0.39 is 46.8 Å². The third-order valence-electron chi connectivity index (χ3n) is 4.33. The second-order valence-corrected chi connectivity index (χ2v) is 8.72. The monoisotopic (exact) mass is 391 g/mol. The van der Waals surface area contributed by atoms with Gasteiger partial charge in [0.15, 0.2) is 0 Å². The highest BCUT2D eigenvalue weighted by molar-refractivity contribution is 5.69. The molecule has 4 nitrogen and oxygen atoms in total. The van der Waals surface area contributed by atoms with Crippen molar-refractivity contribution in [2.45, 2.75) is 65.0 Å². The number of amides is 1. The van der Waals surface area contributed by atoms with E-state index in [1.165, 1.54) is 4.90 Å². The molecule has 0 bridgehead atoms. The SMILES string of the molecule is CC1(C)CC(O)C(c2ccc(C(F)(F)F)cc2F)N(C(=O)OC(C)(C)C)C1. The highest BCUT2D eigenvalue weighted by atomic mass is 19.4. The van der Waals surface area contributed by atoms with E-state index in [9.17, 15) is 27.5 Å². The van der Waals surface area contributed by atoms with Gasteiger partial charge in [-0.25, -0.2) is 9.18 Å². The molecular formula is C19H25F4NO3. The number of hydrogen-bond acceptors (Lipinski definition) is 3. The normalized spacial score (nSPS) is 23.3. The molecule has 27 heavy (non-hydrogen) atoms. The number of piperidine rings is 1. The fourth-order valence-corrected chi connectivity index (χ4v) is 3.33. The molecule has 1 fully saturated rings. The number of rotatable bonds is 1. The van der Waals surface area contributed by atoms with E-state index >= 15 is 0 Å². The van der Waals surface area contributed by atoms with Gasteiger partial charge in [-0.2, -0.15) is 13.2 Å². The van der Waals surface area contributed by atoms with Gasteiger partial charge in [0.25, 0.3) is 0 Å². The summed E-state index contributed by atoms with van der Waals surface area (Å²) in [6.45, 7) is 8.86. The fraction of sp³-hybridized carbons (Fsp3) is 0.632. The number of halogens is 4. The van der Waals surface area contributed by atoms with Crippen molar-refractivity contribution in [2.75, 3.05) is 6.54 Å². The molecule has 1 saturated heterocycles. The number of ether oxygens (including phenoxy) is 1. The minimum Gasteiger partial charge on any atom is -0.444 e. The highest BCUT2D eigenvalue weighted by Crippen LogP contribution is 2.42. The Morgan fingerprint density at radius 3 is 2.33 bits per heavy atom. The molecule has 0 aliphatic carbocycles. The molecular weight excluding hydrogens is 366 g/mol. The summed E-state index contributed by atoms with van der Waals surface area (Å²) in [7, 11) is 0. The molecule has 1 aliphatic heterocycles. The fourth-order valence-electron chi connectivity index (χ4n) is 3.33. The zero-order chi connectivity index (χ0) is 20.8. The summed E-state index contributed by atoms with van der Waals surface area (Å²) in [5.74, 6) is -1.12. The minimum atomic E-state index is -4.68. The van der Waals surface area contributed by atoms with Gasteiger partial charge in [0.2, 0.25) is 0 Å². The maximum absolute atomic E-state index is 14.5. The van der Waals surface area contributed by atoms with E-state index in [0.717, 1.165) is 12.1 Å². The van der Waals surface area contributed by atoms with Crippen LogP contribution in [0.3, 0.4) is 0 Å². The van der Waals surface area contributed by atoms with Crippen molar-refractivity contribution in [1.82, 2.24) is 4.90 Å². The minimum absolute atomic E-state index is 0.170. The predicted molar refractivity (Wildman–Crippen MR) is 91.5 cm³/mol. The lowest BCUT2D eigenvalue weighted by Gasteiger charge is -2.46. The Kier molecular flexibility index (Phi) is 5.54. The third kappa shape index (κ3) is 5.12. The molecule has 2 atom stereocenters. The van der Waals surface area contributed by atoms with Gasteiger partial charge < -0.3 is 9.84 Å². The molecule has 1 aromatic carbocycles. The van der Waals surface area contributed by atoms with E-state index in [2.05, 4.69) is 0 Å². The van der Waals surface area contributed by atoms with Crippen molar-refractivity contribution in [1.29, 1.82) is 0 Å². The Labute approximate surface area is 156 Å². The lowest BCUT2D eigenvalue weighted by atomic mass is 9.78. The Bertz CT molecular complexity index is 710. The summed E-state index contributed by atoms with van der Waals surface area (Å²) in [5.41, 5.74) is -2.57. The number of hydrogen-bond donors (Lipinski definition) is 1. The van der Waals surface area contributed by atoms with Crippen LogP contribution in [0.25, 0.3) is 0 Å². The maximum atomic E-state index is 14.5. The number of nitrogens with zero attached hydrogens (tertiary/aromatic N) is 1. The van der Waals surface area contributed by atoms with Crippen molar-refractivity contribution < 1.29 is 32.2 Å². The average molecular weight is 391 g/mol. The summed E-state index contributed by atoms with van der Waals surface area (Å²) in [6.07, 6.45) is -6.32. The first-order valence-corrected chi connectivity index (χ1v) is 8.65. The Balaban J connectivity index is 2.45. The molecule has 1 aliphatic rings. The van der Waals surface area contributed by atoms with Crippen molar-refractivity contribution in [3.8, 4) is 0 Å². The van der Waals surface area contributed by atoms with E-state index in [4.69, 9.17) is 4.74 Å². The number of likely N-dealkylation sites (tertiary alicyclic amines) is 1. The van der Waals surface area contributed by atoms with E-state index in [-0.39, 0.29) is 18.5 Å². The van der Waals surface area contributed by atoms with Gasteiger partial charge in [0.1, 0.15) is 11.4 Å². The number of carbonyl (C=O) groups is 1. The first kappa shape index (κ1) is 21.5. The van der Waals surface area contributed by atoms with Crippen LogP contribution in [0.15, 0.2) is 18.2 Å². The molecule has 0 saturated carbocycles. The average Bonchev–Trinajstić information content (AvgIpc) is 2.43. The van der Waals surface area contributed by atoms with Gasteiger partial charge in [0, 0.05) is 12.1 Å². The molecule has 8 heteroatoms. The molecule has 1 heterocycles. The molecule has 1 aromatic rings. The van der Waals surface area contributed by atoms with Gasteiger partial charge in [-0.05, 0) is 44.7 Å². The van der Waals surface area contributed by atoms with Crippen molar-refractivity contribution >= 4 is 6.09 Å². The van der Waals surface area contributed by atoms with Crippen LogP contribution < -0.4 is 0 Å². The van der Waals surface area contributed by atoms with E-state index in [1.54, 1.807) is 20.8 Å². The smallest absolute Gasteiger partial charge is 0.416 e. The quantitative estimate of drug-likeness (QED) is 0.692. The second kappa shape index (κ2) is 6.96. The molecule has 0 radical (unpaired) electrons. The lowest BCUT2D eigenvalue weighted by molar-refractivity contribution is -0.137. The van der Waals surface area contributed by atoms with Gasteiger partial charge in [-0.1, -0.05) is 19.9 Å². The van der Waals surface area contributed by atoms with E-state index in [1.807, 2.05) is 13.8 Å². The largest absolute Gasteiger partial charge is 0.444 e. The first-order chi connectivity index (χ1) is 12.1. The molecule has 152 valence electrons. The standard InChI is InChI=1S/C19H25F4NO3/c1-17(2,3)27-16(26)24-10-18(4,5)9-14(25)15(24)12-7-6-11(8-13(12)20)19(21,22)23/h6-8,14-15,25H,9-10H2,1-5H3. The third-order valence-corrected chi connectivity index (χ3v) is 4.33. The summed E-state index contributed by atoms with van der Waals surface area (Å²) in [6, 6.07) is 0.977. The van der Waals surface area contributed by atoms with Crippen LogP contribution in [-0.4, -0.2) is 34.3 Å². The van der Waals surface area contributed by atoms with Crippen LogP contribution in [0.2, 0.25) is 0 Å². The van der Waals surface area contributed by atoms with Crippen molar-refractivity contribution in [2.24, 2.45) is 5.41 Å². The predicted octanol–water partition coefficient (Wildman–Crippen LogP) is 4.91. The summed E-state index contributed by atoms with van der Waals surface area (Å²) >= 11 is 0. The molecule has 1 amide bonds. The Morgan fingerprint density at radius 1 is 1.26 bits per heavy atom. The summed E-state index contributed by atoms with van der Waals surface area (Å²) in [5, 5.41) is 10.6. The Hall–Kier alpha value is -1.83. The summed E-state index contributed by atoms with van der Waals surface area (Å²) < 4.78 is 58.3.